The summed E-state index contributed by atoms with van der Waals surface area (Å²) >= 11 is 0. The second kappa shape index (κ2) is 7.52. The van der Waals surface area contributed by atoms with Crippen LogP contribution in [0.5, 0.6) is 0 Å². The SMILES string of the molecule is CN(C)c1ccc(NC(=O)CN(c2ccc(F)cc2)S(C)(=O)=O)cc1. The number of hydrogen-bond acceptors (Lipinski definition) is 4. The third-order valence-corrected chi connectivity index (χ3v) is 4.61. The Morgan fingerprint density at radius 3 is 2.00 bits per heavy atom. The molecule has 2 aromatic carbocycles. The maximum Gasteiger partial charge on any atom is 0.245 e. The lowest BCUT2D eigenvalue weighted by Crippen LogP contribution is -2.37. The number of amides is 1. The maximum atomic E-state index is 13.0. The molecule has 1 N–H and O–H groups in total. The first-order valence-corrected chi connectivity index (χ1v) is 9.32. The molecule has 0 aliphatic carbocycles. The zero-order chi connectivity index (χ0) is 18.6. The normalized spacial score (nSPS) is 11.0. The van der Waals surface area contributed by atoms with Crippen molar-refractivity contribution in [3.8, 4) is 0 Å². The largest absolute Gasteiger partial charge is 0.378 e. The van der Waals surface area contributed by atoms with Gasteiger partial charge in [0.15, 0.2) is 0 Å². The summed E-state index contributed by atoms with van der Waals surface area (Å²) in [5, 5.41) is 2.65. The van der Waals surface area contributed by atoms with Gasteiger partial charge in [0.1, 0.15) is 12.4 Å². The third kappa shape index (κ3) is 5.18. The summed E-state index contributed by atoms with van der Waals surface area (Å²) in [4.78, 5) is 14.1. The van der Waals surface area contributed by atoms with E-state index in [0.717, 1.165) is 28.4 Å². The smallest absolute Gasteiger partial charge is 0.245 e. The minimum absolute atomic E-state index is 0.224. The Morgan fingerprint density at radius 1 is 1.00 bits per heavy atom. The van der Waals surface area contributed by atoms with Crippen molar-refractivity contribution in [3.05, 3.63) is 54.3 Å². The molecule has 0 unspecified atom stereocenters. The fourth-order valence-electron chi connectivity index (χ4n) is 2.18. The summed E-state index contributed by atoms with van der Waals surface area (Å²) in [5.41, 5.74) is 1.76. The molecule has 0 atom stereocenters. The summed E-state index contributed by atoms with van der Waals surface area (Å²) < 4.78 is 37.9. The van der Waals surface area contributed by atoms with Gasteiger partial charge in [0, 0.05) is 25.5 Å². The van der Waals surface area contributed by atoms with Crippen molar-refractivity contribution < 1.29 is 17.6 Å². The Labute approximate surface area is 146 Å². The number of hydrogen-bond donors (Lipinski definition) is 1. The highest BCUT2D eigenvalue weighted by molar-refractivity contribution is 7.92. The fraction of sp³-hybridized carbons (Fsp3) is 0.235. The highest BCUT2D eigenvalue weighted by Gasteiger charge is 2.21. The monoisotopic (exact) mass is 365 g/mol. The summed E-state index contributed by atoms with van der Waals surface area (Å²) in [6.07, 6.45) is 0.996. The van der Waals surface area contributed by atoms with Crippen molar-refractivity contribution in [2.24, 2.45) is 0 Å². The van der Waals surface area contributed by atoms with Crippen molar-refractivity contribution in [1.82, 2.24) is 0 Å². The van der Waals surface area contributed by atoms with E-state index in [1.807, 2.05) is 31.1 Å². The van der Waals surface area contributed by atoms with E-state index in [1.165, 1.54) is 12.1 Å². The fourth-order valence-corrected chi connectivity index (χ4v) is 3.04. The Balaban J connectivity index is 2.13. The molecule has 0 aliphatic rings. The molecule has 6 nitrogen and oxygen atoms in total. The van der Waals surface area contributed by atoms with Crippen molar-refractivity contribution >= 4 is 33.0 Å². The van der Waals surface area contributed by atoms with E-state index in [-0.39, 0.29) is 5.69 Å². The molecular weight excluding hydrogens is 345 g/mol. The van der Waals surface area contributed by atoms with Crippen LogP contribution in [0.3, 0.4) is 0 Å². The van der Waals surface area contributed by atoms with Gasteiger partial charge in [-0.2, -0.15) is 0 Å². The van der Waals surface area contributed by atoms with E-state index in [1.54, 1.807) is 12.1 Å². The quantitative estimate of drug-likeness (QED) is 0.853. The first kappa shape index (κ1) is 18.7. The predicted octanol–water partition coefficient (Wildman–Crippen LogP) is 2.30. The predicted molar refractivity (Wildman–Crippen MR) is 98.0 cm³/mol. The molecule has 0 radical (unpaired) electrons. The van der Waals surface area contributed by atoms with Crippen LogP contribution in [0.25, 0.3) is 0 Å². The molecule has 0 heterocycles. The molecule has 1 amide bonds. The number of benzene rings is 2. The molecule has 0 aromatic heterocycles. The molecular formula is C17H20FN3O3S. The highest BCUT2D eigenvalue weighted by atomic mass is 32.2. The second-order valence-corrected chi connectivity index (χ2v) is 7.64. The van der Waals surface area contributed by atoms with E-state index in [4.69, 9.17) is 0 Å². The van der Waals surface area contributed by atoms with Gasteiger partial charge in [-0.05, 0) is 48.5 Å². The molecule has 0 aliphatic heterocycles. The van der Waals surface area contributed by atoms with E-state index >= 15 is 0 Å². The third-order valence-electron chi connectivity index (χ3n) is 3.47. The van der Waals surface area contributed by atoms with E-state index < -0.39 is 28.3 Å². The number of anilines is 3. The van der Waals surface area contributed by atoms with Crippen LogP contribution < -0.4 is 14.5 Å². The lowest BCUT2D eigenvalue weighted by atomic mass is 10.2. The minimum atomic E-state index is -3.69. The molecule has 0 fully saturated rings. The van der Waals surface area contributed by atoms with Gasteiger partial charge in [-0.1, -0.05) is 0 Å². The van der Waals surface area contributed by atoms with Crippen molar-refractivity contribution in [2.45, 2.75) is 0 Å². The molecule has 8 heteroatoms. The van der Waals surface area contributed by atoms with Crippen LogP contribution in [0.2, 0.25) is 0 Å². The number of carbonyl (C=O) groups excluding carboxylic acids is 1. The Bertz CT molecular complexity index is 834. The van der Waals surface area contributed by atoms with Crippen LogP contribution in [-0.4, -0.2) is 41.2 Å². The van der Waals surface area contributed by atoms with Crippen molar-refractivity contribution in [2.75, 3.05) is 41.4 Å². The summed E-state index contributed by atoms with van der Waals surface area (Å²) in [6.45, 7) is -0.403. The second-order valence-electron chi connectivity index (χ2n) is 5.74. The average molecular weight is 365 g/mol. The molecule has 134 valence electrons. The van der Waals surface area contributed by atoms with Crippen LogP contribution in [0.15, 0.2) is 48.5 Å². The number of carbonyl (C=O) groups is 1. The summed E-state index contributed by atoms with van der Waals surface area (Å²) in [5.74, 6) is -0.977. The van der Waals surface area contributed by atoms with Gasteiger partial charge in [0.25, 0.3) is 0 Å². The average Bonchev–Trinajstić information content (AvgIpc) is 2.53. The molecule has 0 saturated heterocycles. The molecule has 2 aromatic rings. The van der Waals surface area contributed by atoms with E-state index in [2.05, 4.69) is 5.32 Å². The maximum absolute atomic E-state index is 13.0. The highest BCUT2D eigenvalue weighted by Crippen LogP contribution is 2.19. The lowest BCUT2D eigenvalue weighted by molar-refractivity contribution is -0.114. The number of rotatable bonds is 6. The minimum Gasteiger partial charge on any atom is -0.378 e. The Hall–Kier alpha value is -2.61. The molecule has 0 spiro atoms. The summed E-state index contributed by atoms with van der Waals surface area (Å²) in [6, 6.07) is 12.1. The molecule has 0 bridgehead atoms. The topological polar surface area (TPSA) is 69.7 Å². The van der Waals surface area contributed by atoms with Crippen LogP contribution in [0.1, 0.15) is 0 Å². The zero-order valence-electron chi connectivity index (χ0n) is 14.2. The van der Waals surface area contributed by atoms with Crippen LogP contribution in [0.4, 0.5) is 21.5 Å². The van der Waals surface area contributed by atoms with Gasteiger partial charge in [0.05, 0.1) is 11.9 Å². The van der Waals surface area contributed by atoms with Gasteiger partial charge in [-0.15, -0.1) is 0 Å². The van der Waals surface area contributed by atoms with Gasteiger partial charge in [-0.3, -0.25) is 9.10 Å². The first-order valence-electron chi connectivity index (χ1n) is 7.47. The molecule has 2 rings (SSSR count). The van der Waals surface area contributed by atoms with Crippen LogP contribution in [0, 0.1) is 5.82 Å². The first-order chi connectivity index (χ1) is 11.7. The van der Waals surface area contributed by atoms with Gasteiger partial charge >= 0.3 is 0 Å². The van der Waals surface area contributed by atoms with Crippen LogP contribution >= 0.6 is 0 Å². The summed E-state index contributed by atoms with van der Waals surface area (Å²) in [7, 11) is 0.113. The lowest BCUT2D eigenvalue weighted by Gasteiger charge is -2.22. The Morgan fingerprint density at radius 2 is 1.52 bits per heavy atom. The number of nitrogens with one attached hydrogen (secondary N) is 1. The standard InChI is InChI=1S/C17H20FN3O3S/c1-20(2)15-10-6-14(7-11-15)19-17(22)12-21(25(3,23)24)16-8-4-13(18)5-9-16/h4-11H,12H2,1-3H3,(H,19,22). The number of halogens is 1. The van der Waals surface area contributed by atoms with Gasteiger partial charge in [0.2, 0.25) is 15.9 Å². The van der Waals surface area contributed by atoms with Crippen molar-refractivity contribution in [1.29, 1.82) is 0 Å². The molecule has 25 heavy (non-hydrogen) atoms. The van der Waals surface area contributed by atoms with Crippen molar-refractivity contribution in [3.63, 3.8) is 0 Å². The van der Waals surface area contributed by atoms with E-state index in [0.29, 0.717) is 5.69 Å². The Kier molecular flexibility index (Phi) is 5.63. The van der Waals surface area contributed by atoms with Gasteiger partial charge in [-0.25, -0.2) is 12.8 Å². The van der Waals surface area contributed by atoms with Crippen LogP contribution in [-0.2, 0) is 14.8 Å². The zero-order valence-corrected chi connectivity index (χ0v) is 15.0. The molecule has 0 saturated carbocycles. The van der Waals surface area contributed by atoms with Gasteiger partial charge < -0.3 is 10.2 Å². The number of nitrogens with zero attached hydrogens (tertiary/aromatic N) is 2. The number of sulfonamides is 1. The van der Waals surface area contributed by atoms with E-state index in [9.17, 15) is 17.6 Å².